The summed E-state index contributed by atoms with van der Waals surface area (Å²) in [7, 11) is 0. The number of hydrogen-bond donors (Lipinski definition) is 0. The van der Waals surface area contributed by atoms with Crippen LogP contribution in [0.15, 0.2) is 53.5 Å². The van der Waals surface area contributed by atoms with E-state index < -0.39 is 0 Å². The van der Waals surface area contributed by atoms with Crippen LogP contribution >= 0.6 is 0 Å². The van der Waals surface area contributed by atoms with Gasteiger partial charge in [-0.15, -0.1) is 0 Å². The van der Waals surface area contributed by atoms with E-state index in [-0.39, 0.29) is 5.56 Å². The number of nitrogens with zero attached hydrogens (tertiary/aromatic N) is 4. The third-order valence-corrected chi connectivity index (χ3v) is 4.45. The predicted octanol–water partition coefficient (Wildman–Crippen LogP) is 2.44. The SMILES string of the molecule is N#Cc1ccc(=O)n(Cc2nn(-c3ccccc3)c3c2CCC3)c1. The zero-order chi connectivity index (χ0) is 16.5. The standard InChI is InChI=1S/C19H16N4O/c20-11-14-9-10-19(24)22(12-14)13-17-16-7-4-8-18(16)23(21-17)15-5-2-1-3-6-15/h1-3,5-6,9-10,12H,4,7-8,13H2. The van der Waals surface area contributed by atoms with Gasteiger partial charge in [0.05, 0.1) is 23.5 Å². The fourth-order valence-electron chi connectivity index (χ4n) is 3.31. The molecule has 0 radical (unpaired) electrons. The van der Waals surface area contributed by atoms with Gasteiger partial charge in [0, 0.05) is 18.0 Å². The predicted molar refractivity (Wildman–Crippen MR) is 90.1 cm³/mol. The smallest absolute Gasteiger partial charge is 0.250 e. The van der Waals surface area contributed by atoms with E-state index in [1.807, 2.05) is 35.0 Å². The molecule has 3 aromatic rings. The number of nitriles is 1. The molecule has 0 saturated heterocycles. The van der Waals surface area contributed by atoms with Crippen LogP contribution in [0.5, 0.6) is 0 Å². The zero-order valence-corrected chi connectivity index (χ0v) is 13.1. The lowest BCUT2D eigenvalue weighted by Gasteiger charge is -2.06. The molecule has 2 heterocycles. The molecule has 0 bridgehead atoms. The number of pyridine rings is 1. The third-order valence-electron chi connectivity index (χ3n) is 4.45. The fourth-order valence-corrected chi connectivity index (χ4v) is 3.31. The minimum absolute atomic E-state index is 0.116. The number of hydrogen-bond acceptors (Lipinski definition) is 3. The van der Waals surface area contributed by atoms with Crippen molar-refractivity contribution < 1.29 is 0 Å². The minimum Gasteiger partial charge on any atom is -0.308 e. The Morgan fingerprint density at radius 2 is 1.96 bits per heavy atom. The molecule has 0 aliphatic heterocycles. The van der Waals surface area contributed by atoms with Crippen molar-refractivity contribution in [3.8, 4) is 11.8 Å². The number of para-hydroxylation sites is 1. The zero-order valence-electron chi connectivity index (χ0n) is 13.1. The normalized spacial score (nSPS) is 12.8. The Bertz CT molecular complexity index is 992. The van der Waals surface area contributed by atoms with Crippen LogP contribution < -0.4 is 5.56 Å². The number of aromatic nitrogens is 3. The fraction of sp³-hybridized carbons (Fsp3) is 0.211. The molecule has 2 aromatic heterocycles. The lowest BCUT2D eigenvalue weighted by molar-refractivity contribution is 0.696. The van der Waals surface area contributed by atoms with E-state index in [1.165, 1.54) is 17.3 Å². The maximum absolute atomic E-state index is 12.1. The maximum atomic E-state index is 12.1. The Morgan fingerprint density at radius 1 is 1.12 bits per heavy atom. The van der Waals surface area contributed by atoms with E-state index in [0.29, 0.717) is 12.1 Å². The summed E-state index contributed by atoms with van der Waals surface area (Å²) in [6.45, 7) is 0.399. The summed E-state index contributed by atoms with van der Waals surface area (Å²) in [6.07, 6.45) is 4.71. The van der Waals surface area contributed by atoms with Crippen molar-refractivity contribution in [1.82, 2.24) is 14.3 Å². The first-order valence-corrected chi connectivity index (χ1v) is 8.02. The number of fused-ring (bicyclic) bond motifs is 1. The molecule has 0 amide bonds. The average Bonchev–Trinajstić information content (AvgIpc) is 3.21. The van der Waals surface area contributed by atoms with Gasteiger partial charge in [-0.25, -0.2) is 4.68 Å². The van der Waals surface area contributed by atoms with Gasteiger partial charge >= 0.3 is 0 Å². The van der Waals surface area contributed by atoms with E-state index in [1.54, 1.807) is 16.8 Å². The van der Waals surface area contributed by atoms with Crippen molar-refractivity contribution >= 4 is 0 Å². The minimum atomic E-state index is -0.116. The van der Waals surface area contributed by atoms with Crippen molar-refractivity contribution in [1.29, 1.82) is 5.26 Å². The van der Waals surface area contributed by atoms with Gasteiger partial charge in [0.25, 0.3) is 5.56 Å². The van der Waals surface area contributed by atoms with Crippen LogP contribution in [0.1, 0.15) is 28.9 Å². The summed E-state index contributed by atoms with van der Waals surface area (Å²) in [4.78, 5) is 12.1. The molecule has 0 N–H and O–H groups in total. The second-order valence-electron chi connectivity index (χ2n) is 5.97. The van der Waals surface area contributed by atoms with Crippen LogP contribution in [0.3, 0.4) is 0 Å². The molecule has 24 heavy (non-hydrogen) atoms. The van der Waals surface area contributed by atoms with Crippen LogP contribution in [-0.4, -0.2) is 14.3 Å². The van der Waals surface area contributed by atoms with E-state index in [2.05, 4.69) is 6.07 Å². The summed E-state index contributed by atoms with van der Waals surface area (Å²) in [6, 6.07) is 15.1. The highest BCUT2D eigenvalue weighted by atomic mass is 16.1. The van der Waals surface area contributed by atoms with Crippen molar-refractivity contribution in [2.75, 3.05) is 0 Å². The van der Waals surface area contributed by atoms with E-state index in [4.69, 9.17) is 10.4 Å². The summed E-state index contributed by atoms with van der Waals surface area (Å²) in [5.74, 6) is 0. The monoisotopic (exact) mass is 316 g/mol. The first kappa shape index (κ1) is 14.5. The number of rotatable bonds is 3. The van der Waals surface area contributed by atoms with Crippen molar-refractivity contribution in [3.05, 3.63) is 81.5 Å². The molecule has 0 fully saturated rings. The van der Waals surface area contributed by atoms with Crippen LogP contribution in [0, 0.1) is 11.3 Å². The summed E-state index contributed by atoms with van der Waals surface area (Å²) < 4.78 is 3.56. The highest BCUT2D eigenvalue weighted by molar-refractivity contribution is 5.40. The molecule has 4 rings (SSSR count). The van der Waals surface area contributed by atoms with Crippen molar-refractivity contribution in [3.63, 3.8) is 0 Å². The molecule has 0 unspecified atom stereocenters. The van der Waals surface area contributed by atoms with E-state index in [0.717, 1.165) is 30.6 Å². The van der Waals surface area contributed by atoms with Crippen molar-refractivity contribution in [2.45, 2.75) is 25.8 Å². The van der Waals surface area contributed by atoms with Crippen LogP contribution in [0.2, 0.25) is 0 Å². The summed E-state index contributed by atoms with van der Waals surface area (Å²) in [5, 5.41) is 13.8. The van der Waals surface area contributed by atoms with E-state index >= 15 is 0 Å². The van der Waals surface area contributed by atoms with Gasteiger partial charge in [-0.1, -0.05) is 18.2 Å². The molecular weight excluding hydrogens is 300 g/mol. The molecule has 0 spiro atoms. The lowest BCUT2D eigenvalue weighted by Crippen LogP contribution is -2.20. The summed E-state index contributed by atoms with van der Waals surface area (Å²) >= 11 is 0. The number of benzene rings is 1. The molecule has 1 aliphatic carbocycles. The van der Waals surface area contributed by atoms with Gasteiger partial charge < -0.3 is 4.57 Å². The maximum Gasteiger partial charge on any atom is 0.250 e. The van der Waals surface area contributed by atoms with Gasteiger partial charge in [0.2, 0.25) is 0 Å². The first-order valence-electron chi connectivity index (χ1n) is 8.02. The molecule has 5 heteroatoms. The molecule has 0 atom stereocenters. The quantitative estimate of drug-likeness (QED) is 0.745. The lowest BCUT2D eigenvalue weighted by atomic mass is 10.2. The highest BCUT2D eigenvalue weighted by Gasteiger charge is 2.23. The molecular formula is C19H16N4O. The topological polar surface area (TPSA) is 63.6 Å². The first-order chi connectivity index (χ1) is 11.8. The average molecular weight is 316 g/mol. The second-order valence-corrected chi connectivity index (χ2v) is 5.97. The Kier molecular flexibility index (Phi) is 3.51. The molecule has 5 nitrogen and oxygen atoms in total. The largest absolute Gasteiger partial charge is 0.308 e. The Hall–Kier alpha value is -3.13. The van der Waals surface area contributed by atoms with Gasteiger partial charge in [-0.2, -0.15) is 10.4 Å². The highest BCUT2D eigenvalue weighted by Crippen LogP contribution is 2.28. The molecule has 1 aromatic carbocycles. The van der Waals surface area contributed by atoms with Gasteiger partial charge in [-0.05, 0) is 43.0 Å². The second kappa shape index (κ2) is 5.82. The Labute approximate surface area is 139 Å². The van der Waals surface area contributed by atoms with E-state index in [9.17, 15) is 4.79 Å². The Balaban J connectivity index is 1.78. The van der Waals surface area contributed by atoms with Gasteiger partial charge in [-0.3, -0.25) is 4.79 Å². The van der Waals surface area contributed by atoms with Gasteiger partial charge in [0.15, 0.2) is 0 Å². The molecule has 1 aliphatic rings. The summed E-state index contributed by atoms with van der Waals surface area (Å²) in [5.41, 5.74) is 4.81. The van der Waals surface area contributed by atoms with Gasteiger partial charge in [0.1, 0.15) is 6.07 Å². The molecule has 0 saturated carbocycles. The van der Waals surface area contributed by atoms with Crippen molar-refractivity contribution in [2.24, 2.45) is 0 Å². The third kappa shape index (κ3) is 2.42. The van der Waals surface area contributed by atoms with Crippen LogP contribution in [-0.2, 0) is 19.4 Å². The van der Waals surface area contributed by atoms with Crippen LogP contribution in [0.4, 0.5) is 0 Å². The molecule has 118 valence electrons. The Morgan fingerprint density at radius 3 is 2.75 bits per heavy atom. The van der Waals surface area contributed by atoms with Crippen LogP contribution in [0.25, 0.3) is 5.69 Å².